The number of ether oxygens (including phenoxy) is 1. The van der Waals surface area contributed by atoms with Crippen LogP contribution in [0.25, 0.3) is 0 Å². The molecular weight excluding hydrogens is 250 g/mol. The van der Waals surface area contributed by atoms with E-state index in [0.717, 1.165) is 36.3 Å². The molecule has 0 bridgehead atoms. The van der Waals surface area contributed by atoms with Crippen molar-refractivity contribution in [3.8, 4) is 5.75 Å². The molecule has 20 heavy (non-hydrogen) atoms. The Morgan fingerprint density at radius 1 is 1.20 bits per heavy atom. The number of carbonyl (C=O) groups excluding carboxylic acids is 1. The van der Waals surface area contributed by atoms with Crippen molar-refractivity contribution >= 4 is 5.78 Å². The number of benzene rings is 1. The second kappa shape index (κ2) is 6.89. The van der Waals surface area contributed by atoms with Crippen LogP contribution >= 0.6 is 0 Å². The fourth-order valence-electron chi connectivity index (χ4n) is 3.23. The van der Waals surface area contributed by atoms with E-state index >= 15 is 0 Å². The van der Waals surface area contributed by atoms with Crippen LogP contribution in [0.4, 0.5) is 0 Å². The van der Waals surface area contributed by atoms with Crippen LogP contribution in [0.3, 0.4) is 0 Å². The molecule has 0 aliphatic carbocycles. The Labute approximate surface area is 121 Å². The number of carbonyl (C=O) groups is 1. The molecule has 1 fully saturated rings. The van der Waals surface area contributed by atoms with E-state index in [2.05, 4.69) is 13.8 Å². The van der Waals surface area contributed by atoms with E-state index in [1.165, 1.54) is 19.5 Å². The number of hydrogen-bond donors (Lipinski definition) is 1. The third-order valence-corrected chi connectivity index (χ3v) is 4.06. The summed E-state index contributed by atoms with van der Waals surface area (Å²) in [6, 6.07) is 7.42. The highest BCUT2D eigenvalue weighted by molar-refractivity contribution is 5.94. The van der Waals surface area contributed by atoms with E-state index in [4.69, 9.17) is 4.74 Å². The van der Waals surface area contributed by atoms with E-state index in [0.29, 0.717) is 0 Å². The van der Waals surface area contributed by atoms with Crippen LogP contribution in [0.5, 0.6) is 5.75 Å². The molecule has 1 aromatic rings. The van der Waals surface area contributed by atoms with Crippen LogP contribution in [-0.4, -0.2) is 32.0 Å². The van der Waals surface area contributed by atoms with Crippen LogP contribution in [-0.2, 0) is 0 Å². The molecule has 1 aromatic carbocycles. The van der Waals surface area contributed by atoms with Crippen molar-refractivity contribution in [3.05, 3.63) is 29.8 Å². The lowest BCUT2D eigenvalue weighted by molar-refractivity contribution is -0.912. The predicted octanol–water partition coefficient (Wildman–Crippen LogP) is 1.83. The molecule has 1 N–H and O–H groups in total. The van der Waals surface area contributed by atoms with Gasteiger partial charge in [-0.05, 0) is 37.6 Å². The maximum Gasteiger partial charge on any atom is 0.159 e. The van der Waals surface area contributed by atoms with Crippen LogP contribution in [0, 0.1) is 11.8 Å². The molecule has 0 spiro atoms. The van der Waals surface area contributed by atoms with Crippen molar-refractivity contribution in [3.63, 3.8) is 0 Å². The average Bonchev–Trinajstić information content (AvgIpc) is 2.38. The number of ketones is 1. The second-order valence-electron chi connectivity index (χ2n) is 6.28. The Morgan fingerprint density at radius 2 is 1.80 bits per heavy atom. The molecule has 1 saturated heterocycles. The molecule has 3 nitrogen and oxygen atoms in total. The van der Waals surface area contributed by atoms with E-state index < -0.39 is 0 Å². The lowest BCUT2D eigenvalue weighted by atomic mass is 9.92. The van der Waals surface area contributed by atoms with Gasteiger partial charge in [-0.15, -0.1) is 0 Å². The molecule has 0 aromatic heterocycles. The van der Waals surface area contributed by atoms with Crippen molar-refractivity contribution in [2.75, 3.05) is 26.2 Å². The first-order valence-electron chi connectivity index (χ1n) is 7.62. The number of piperidine rings is 1. The van der Waals surface area contributed by atoms with Gasteiger partial charge in [0.1, 0.15) is 18.9 Å². The minimum absolute atomic E-state index is 0.0947. The van der Waals surface area contributed by atoms with Gasteiger partial charge in [0.05, 0.1) is 13.1 Å². The number of Topliss-reactive ketones (excluding diaryl/α,β-unsaturated/α-hetero) is 1. The summed E-state index contributed by atoms with van der Waals surface area (Å²) in [5.41, 5.74) is 0.738. The first-order valence-corrected chi connectivity index (χ1v) is 7.62. The van der Waals surface area contributed by atoms with Gasteiger partial charge in [0.2, 0.25) is 0 Å². The van der Waals surface area contributed by atoms with Crippen LogP contribution < -0.4 is 9.64 Å². The molecule has 1 heterocycles. The standard InChI is InChI=1S/C17H25NO2/c1-13-10-14(2)12-18(11-13)8-9-20-17-6-4-16(5-7-17)15(3)19/h4-7,13-14H,8-12H2,1-3H3/p+1/t13-,14-/m0/s1. The summed E-state index contributed by atoms with van der Waals surface area (Å²) in [5, 5.41) is 0. The van der Waals surface area contributed by atoms with Crippen LogP contribution in [0.15, 0.2) is 24.3 Å². The van der Waals surface area contributed by atoms with Crippen LogP contribution in [0.2, 0.25) is 0 Å². The van der Waals surface area contributed by atoms with Gasteiger partial charge in [0, 0.05) is 17.4 Å². The molecule has 110 valence electrons. The predicted molar refractivity (Wildman–Crippen MR) is 80.5 cm³/mol. The fourth-order valence-corrected chi connectivity index (χ4v) is 3.23. The number of quaternary nitrogens is 1. The molecule has 1 aliphatic heterocycles. The summed E-state index contributed by atoms with van der Waals surface area (Å²) in [6.07, 6.45) is 1.36. The zero-order chi connectivity index (χ0) is 14.5. The van der Waals surface area contributed by atoms with E-state index in [-0.39, 0.29) is 5.78 Å². The lowest BCUT2D eigenvalue weighted by Crippen LogP contribution is -3.14. The van der Waals surface area contributed by atoms with Crippen molar-refractivity contribution in [1.29, 1.82) is 0 Å². The summed E-state index contributed by atoms with van der Waals surface area (Å²) in [4.78, 5) is 12.8. The van der Waals surface area contributed by atoms with Gasteiger partial charge in [-0.25, -0.2) is 0 Å². The molecule has 0 unspecified atom stereocenters. The SMILES string of the molecule is CC(=O)c1ccc(OCC[NH+]2C[C@@H](C)C[C@H](C)C2)cc1. The summed E-state index contributed by atoms with van der Waals surface area (Å²) >= 11 is 0. The van der Waals surface area contributed by atoms with Crippen molar-refractivity contribution in [1.82, 2.24) is 0 Å². The Morgan fingerprint density at radius 3 is 2.35 bits per heavy atom. The third-order valence-electron chi connectivity index (χ3n) is 4.06. The Balaban J connectivity index is 1.76. The lowest BCUT2D eigenvalue weighted by Gasteiger charge is -2.31. The van der Waals surface area contributed by atoms with Gasteiger partial charge in [-0.2, -0.15) is 0 Å². The highest BCUT2D eigenvalue weighted by atomic mass is 16.5. The molecule has 1 aliphatic rings. The van der Waals surface area contributed by atoms with Gasteiger partial charge in [-0.1, -0.05) is 13.8 Å². The van der Waals surface area contributed by atoms with E-state index in [9.17, 15) is 4.79 Å². The first kappa shape index (κ1) is 15.0. The summed E-state index contributed by atoms with van der Waals surface area (Å²) in [7, 11) is 0. The number of likely N-dealkylation sites (tertiary alicyclic amines) is 1. The summed E-state index contributed by atoms with van der Waals surface area (Å²) in [5.74, 6) is 2.59. The quantitative estimate of drug-likeness (QED) is 0.832. The highest BCUT2D eigenvalue weighted by Gasteiger charge is 2.24. The minimum atomic E-state index is 0.0947. The summed E-state index contributed by atoms with van der Waals surface area (Å²) in [6.45, 7) is 10.6. The highest BCUT2D eigenvalue weighted by Crippen LogP contribution is 2.13. The van der Waals surface area contributed by atoms with Gasteiger partial charge in [-0.3, -0.25) is 4.79 Å². The molecule has 0 radical (unpaired) electrons. The molecule has 0 saturated carbocycles. The number of nitrogens with one attached hydrogen (secondary N) is 1. The monoisotopic (exact) mass is 276 g/mol. The number of rotatable bonds is 5. The molecule has 3 heteroatoms. The smallest absolute Gasteiger partial charge is 0.159 e. The van der Waals surface area contributed by atoms with Crippen LogP contribution in [0.1, 0.15) is 37.6 Å². The first-order chi connectivity index (χ1) is 9.54. The second-order valence-corrected chi connectivity index (χ2v) is 6.28. The van der Waals surface area contributed by atoms with Crippen molar-refractivity contribution in [2.24, 2.45) is 11.8 Å². The van der Waals surface area contributed by atoms with E-state index in [1.807, 2.05) is 24.3 Å². The molecule has 2 atom stereocenters. The Hall–Kier alpha value is -1.35. The minimum Gasteiger partial charge on any atom is -0.488 e. The van der Waals surface area contributed by atoms with Gasteiger partial charge in [0.15, 0.2) is 5.78 Å². The fraction of sp³-hybridized carbons (Fsp3) is 0.588. The Kier molecular flexibility index (Phi) is 5.18. The topological polar surface area (TPSA) is 30.7 Å². The zero-order valence-electron chi connectivity index (χ0n) is 12.8. The van der Waals surface area contributed by atoms with Crippen molar-refractivity contribution in [2.45, 2.75) is 27.2 Å². The molecular formula is C17H26NO2+. The maximum absolute atomic E-state index is 11.2. The summed E-state index contributed by atoms with van der Waals surface area (Å²) < 4.78 is 5.78. The van der Waals surface area contributed by atoms with Gasteiger partial charge in [0.25, 0.3) is 0 Å². The van der Waals surface area contributed by atoms with Gasteiger partial charge < -0.3 is 9.64 Å². The zero-order valence-corrected chi connectivity index (χ0v) is 12.8. The van der Waals surface area contributed by atoms with E-state index in [1.54, 1.807) is 11.8 Å². The molecule has 0 amide bonds. The largest absolute Gasteiger partial charge is 0.488 e. The average molecular weight is 276 g/mol. The maximum atomic E-state index is 11.2. The van der Waals surface area contributed by atoms with Gasteiger partial charge >= 0.3 is 0 Å². The number of hydrogen-bond acceptors (Lipinski definition) is 2. The normalized spacial score (nSPS) is 26.2. The van der Waals surface area contributed by atoms with Crippen molar-refractivity contribution < 1.29 is 14.4 Å². The third kappa shape index (κ3) is 4.34. The molecule has 2 rings (SSSR count). The Bertz CT molecular complexity index is 431.